The van der Waals surface area contributed by atoms with Gasteiger partial charge >= 0.3 is 0 Å². The molecule has 0 aliphatic carbocycles. The maximum Gasteiger partial charge on any atom is 0.207 e. The quantitative estimate of drug-likeness (QED) is 0.325. The van der Waals surface area contributed by atoms with Gasteiger partial charge in [0.1, 0.15) is 12.0 Å². The van der Waals surface area contributed by atoms with Crippen LogP contribution in [-0.4, -0.2) is 22.3 Å². The maximum atomic E-state index is 11.3. The summed E-state index contributed by atoms with van der Waals surface area (Å²) < 4.78 is 0. The normalized spacial score (nSPS) is 10.7. The molecular weight excluding hydrogens is 182 g/mol. The summed E-state index contributed by atoms with van der Waals surface area (Å²) in [4.78, 5) is 11.3. The highest BCUT2D eigenvalue weighted by atomic mass is 16.4. The summed E-state index contributed by atoms with van der Waals surface area (Å²) in [6.07, 6.45) is 0.825. The lowest BCUT2D eigenvalue weighted by atomic mass is 10.0. The van der Waals surface area contributed by atoms with Crippen LogP contribution in [0.1, 0.15) is 21.5 Å². The van der Waals surface area contributed by atoms with Crippen molar-refractivity contribution < 1.29 is 15.1 Å². The third kappa shape index (κ3) is 1.90. The highest BCUT2D eigenvalue weighted by molar-refractivity contribution is 6.35. The largest absolute Gasteiger partial charge is 0.507 e. The third-order valence-corrected chi connectivity index (χ3v) is 1.95. The van der Waals surface area contributed by atoms with Crippen LogP contribution in [0.25, 0.3) is 0 Å². The fraction of sp³-hybridized carbons (Fsp3) is 0.200. The van der Waals surface area contributed by atoms with Gasteiger partial charge < -0.3 is 10.3 Å². The molecule has 0 atom stereocenters. The molecule has 0 fully saturated rings. The SMILES string of the molecule is Cc1cc(C(=O)C=NO)cc(C)c1O. The summed E-state index contributed by atoms with van der Waals surface area (Å²) in [7, 11) is 0. The molecule has 0 bridgehead atoms. The molecule has 14 heavy (non-hydrogen) atoms. The van der Waals surface area contributed by atoms with Crippen molar-refractivity contribution in [3.8, 4) is 5.75 Å². The molecule has 4 heteroatoms. The molecule has 0 saturated heterocycles. The van der Waals surface area contributed by atoms with Gasteiger partial charge in [-0.3, -0.25) is 4.79 Å². The second kappa shape index (κ2) is 3.91. The van der Waals surface area contributed by atoms with Crippen molar-refractivity contribution in [1.29, 1.82) is 0 Å². The molecule has 74 valence electrons. The van der Waals surface area contributed by atoms with E-state index < -0.39 is 5.78 Å². The fourth-order valence-corrected chi connectivity index (χ4v) is 1.23. The minimum absolute atomic E-state index is 0.183. The number of nitrogens with zero attached hydrogens (tertiary/aromatic N) is 1. The van der Waals surface area contributed by atoms with Gasteiger partial charge in [0.25, 0.3) is 0 Å². The first-order valence-electron chi connectivity index (χ1n) is 4.08. The van der Waals surface area contributed by atoms with Crippen LogP contribution < -0.4 is 0 Å². The smallest absolute Gasteiger partial charge is 0.207 e. The van der Waals surface area contributed by atoms with E-state index in [9.17, 15) is 9.90 Å². The summed E-state index contributed by atoms with van der Waals surface area (Å²) in [5.41, 5.74) is 1.65. The van der Waals surface area contributed by atoms with Crippen molar-refractivity contribution in [2.24, 2.45) is 5.16 Å². The van der Waals surface area contributed by atoms with Crippen molar-refractivity contribution in [1.82, 2.24) is 0 Å². The van der Waals surface area contributed by atoms with Gasteiger partial charge in [0.2, 0.25) is 5.78 Å². The van der Waals surface area contributed by atoms with E-state index in [2.05, 4.69) is 5.16 Å². The number of oxime groups is 1. The summed E-state index contributed by atoms with van der Waals surface area (Å²) in [5, 5.41) is 20.3. The molecule has 0 unspecified atom stereocenters. The van der Waals surface area contributed by atoms with E-state index >= 15 is 0 Å². The van der Waals surface area contributed by atoms with Gasteiger partial charge in [0.15, 0.2) is 0 Å². The molecule has 1 rings (SSSR count). The monoisotopic (exact) mass is 193 g/mol. The van der Waals surface area contributed by atoms with Crippen LogP contribution in [0.2, 0.25) is 0 Å². The predicted octanol–water partition coefficient (Wildman–Crippen LogP) is 1.65. The Bertz CT molecular complexity index is 373. The maximum absolute atomic E-state index is 11.3. The van der Waals surface area contributed by atoms with E-state index in [4.69, 9.17) is 5.21 Å². The van der Waals surface area contributed by atoms with Gasteiger partial charge in [-0.15, -0.1) is 0 Å². The number of hydrogen-bond acceptors (Lipinski definition) is 4. The Morgan fingerprint density at radius 1 is 1.36 bits per heavy atom. The van der Waals surface area contributed by atoms with Gasteiger partial charge in [0.05, 0.1) is 0 Å². The van der Waals surface area contributed by atoms with Crippen LogP contribution in [0.15, 0.2) is 17.3 Å². The number of phenolic OH excluding ortho intramolecular Hbond substituents is 1. The molecule has 2 N–H and O–H groups in total. The average Bonchev–Trinajstić information content (AvgIpc) is 2.13. The summed E-state index contributed by atoms with van der Waals surface area (Å²) >= 11 is 0. The van der Waals surface area contributed by atoms with Gasteiger partial charge in [-0.05, 0) is 37.1 Å². The van der Waals surface area contributed by atoms with Crippen molar-refractivity contribution >= 4 is 12.0 Å². The molecule has 0 aliphatic rings. The third-order valence-electron chi connectivity index (χ3n) is 1.95. The average molecular weight is 193 g/mol. The highest BCUT2D eigenvalue weighted by Gasteiger charge is 2.08. The number of carbonyl (C=O) groups is 1. The lowest BCUT2D eigenvalue weighted by molar-refractivity contribution is 0.106. The van der Waals surface area contributed by atoms with Crippen molar-refractivity contribution in [3.63, 3.8) is 0 Å². The highest BCUT2D eigenvalue weighted by Crippen LogP contribution is 2.22. The summed E-state index contributed by atoms with van der Waals surface area (Å²) in [6.45, 7) is 3.41. The standard InChI is InChI=1S/C10H11NO3/c1-6-3-8(9(12)5-11-14)4-7(2)10(6)13/h3-5,13-14H,1-2H3. The van der Waals surface area contributed by atoms with Gasteiger partial charge in [-0.1, -0.05) is 5.16 Å². The first-order chi connectivity index (χ1) is 6.56. The lowest BCUT2D eigenvalue weighted by Gasteiger charge is -2.04. The minimum atomic E-state index is -0.390. The van der Waals surface area contributed by atoms with Crippen LogP contribution >= 0.6 is 0 Å². The Morgan fingerprint density at radius 3 is 2.29 bits per heavy atom. The molecular formula is C10H11NO3. The lowest BCUT2D eigenvalue weighted by Crippen LogP contribution is -2.01. The minimum Gasteiger partial charge on any atom is -0.507 e. The van der Waals surface area contributed by atoms with Gasteiger partial charge in [-0.25, -0.2) is 0 Å². The number of phenols is 1. The molecule has 4 nitrogen and oxygen atoms in total. The van der Waals surface area contributed by atoms with Crippen LogP contribution in [-0.2, 0) is 0 Å². The summed E-state index contributed by atoms with van der Waals surface area (Å²) in [5.74, 6) is -0.207. The second-order valence-corrected chi connectivity index (χ2v) is 3.07. The number of aromatic hydroxyl groups is 1. The molecule has 0 amide bonds. The Kier molecular flexibility index (Phi) is 2.86. The first kappa shape index (κ1) is 10.2. The van der Waals surface area contributed by atoms with E-state index in [0.29, 0.717) is 16.7 Å². The zero-order valence-corrected chi connectivity index (χ0v) is 7.98. The Balaban J connectivity index is 3.19. The van der Waals surface area contributed by atoms with E-state index in [1.807, 2.05) is 0 Å². The predicted molar refractivity (Wildman–Crippen MR) is 52.2 cm³/mol. The van der Waals surface area contributed by atoms with E-state index in [-0.39, 0.29) is 5.75 Å². The number of carbonyl (C=O) groups excluding carboxylic acids is 1. The molecule has 1 aromatic rings. The van der Waals surface area contributed by atoms with Crippen LogP contribution in [0.4, 0.5) is 0 Å². The first-order valence-corrected chi connectivity index (χ1v) is 4.08. The number of benzene rings is 1. The van der Waals surface area contributed by atoms with Crippen molar-refractivity contribution in [2.45, 2.75) is 13.8 Å². The van der Waals surface area contributed by atoms with E-state index in [0.717, 1.165) is 6.21 Å². The number of hydrogen-bond donors (Lipinski definition) is 2. The van der Waals surface area contributed by atoms with Crippen LogP contribution in [0.5, 0.6) is 5.75 Å². The number of Topliss-reactive ketones (excluding diaryl/α,β-unsaturated/α-hetero) is 1. The fourth-order valence-electron chi connectivity index (χ4n) is 1.23. The zero-order valence-electron chi connectivity index (χ0n) is 7.98. The topological polar surface area (TPSA) is 69.9 Å². The number of aryl methyl sites for hydroxylation is 2. The molecule has 0 aromatic heterocycles. The van der Waals surface area contributed by atoms with Crippen molar-refractivity contribution in [2.75, 3.05) is 0 Å². The molecule has 1 aromatic carbocycles. The molecule has 0 heterocycles. The Morgan fingerprint density at radius 2 is 1.86 bits per heavy atom. The van der Waals surface area contributed by atoms with E-state index in [1.165, 1.54) is 0 Å². The second-order valence-electron chi connectivity index (χ2n) is 3.07. The molecule has 0 saturated carbocycles. The van der Waals surface area contributed by atoms with Crippen LogP contribution in [0.3, 0.4) is 0 Å². The van der Waals surface area contributed by atoms with Crippen molar-refractivity contribution in [3.05, 3.63) is 28.8 Å². The molecule has 0 spiro atoms. The summed E-state index contributed by atoms with van der Waals surface area (Å²) in [6, 6.07) is 3.10. The Hall–Kier alpha value is -1.84. The van der Waals surface area contributed by atoms with Gasteiger partial charge in [-0.2, -0.15) is 0 Å². The Labute approximate surface area is 81.5 Å². The van der Waals surface area contributed by atoms with Gasteiger partial charge in [0, 0.05) is 5.56 Å². The number of rotatable bonds is 2. The molecule has 0 aliphatic heterocycles. The van der Waals surface area contributed by atoms with Crippen LogP contribution in [0, 0.1) is 13.8 Å². The zero-order chi connectivity index (χ0) is 10.7. The van der Waals surface area contributed by atoms with E-state index in [1.54, 1.807) is 26.0 Å². The number of ketones is 1. The molecule has 0 radical (unpaired) electrons.